The second-order valence-corrected chi connectivity index (χ2v) is 8.51. The number of H-pyrrole nitrogens is 1. The van der Waals surface area contributed by atoms with Crippen molar-refractivity contribution < 1.29 is 9.59 Å². The molecule has 2 amide bonds. The molecule has 2 aromatic carbocycles. The van der Waals surface area contributed by atoms with Gasteiger partial charge in [0.2, 0.25) is 5.91 Å². The summed E-state index contributed by atoms with van der Waals surface area (Å²) in [6, 6.07) is 16.9. The molecule has 6 heteroatoms. The molecule has 0 spiro atoms. The summed E-state index contributed by atoms with van der Waals surface area (Å²) in [5.41, 5.74) is 5.14. The van der Waals surface area contributed by atoms with Crippen LogP contribution in [0.1, 0.15) is 35.0 Å². The molecule has 2 heterocycles. The van der Waals surface area contributed by atoms with E-state index in [4.69, 9.17) is 0 Å². The Morgan fingerprint density at radius 3 is 2.62 bits per heavy atom. The Hall–Kier alpha value is -3.41. The average molecular weight is 431 g/mol. The van der Waals surface area contributed by atoms with Crippen LogP contribution >= 0.6 is 0 Å². The van der Waals surface area contributed by atoms with Crippen molar-refractivity contribution in [2.24, 2.45) is 5.92 Å². The Balaban J connectivity index is 1.53. The summed E-state index contributed by atoms with van der Waals surface area (Å²) >= 11 is 0. The lowest BCUT2D eigenvalue weighted by Crippen LogP contribution is -2.38. The van der Waals surface area contributed by atoms with Crippen LogP contribution in [-0.4, -0.2) is 57.8 Å². The summed E-state index contributed by atoms with van der Waals surface area (Å²) < 4.78 is 0. The maximum absolute atomic E-state index is 13.3. The van der Waals surface area contributed by atoms with E-state index < -0.39 is 0 Å². The number of hydrogen-bond acceptors (Lipinski definition) is 3. The molecule has 1 fully saturated rings. The van der Waals surface area contributed by atoms with Gasteiger partial charge in [-0.15, -0.1) is 0 Å². The number of rotatable bonds is 6. The molecule has 0 aliphatic carbocycles. The van der Waals surface area contributed by atoms with Gasteiger partial charge in [-0.1, -0.05) is 61.0 Å². The van der Waals surface area contributed by atoms with Crippen molar-refractivity contribution in [1.29, 1.82) is 0 Å². The summed E-state index contributed by atoms with van der Waals surface area (Å²) in [5.74, 6) is -0.233. The van der Waals surface area contributed by atoms with Gasteiger partial charge < -0.3 is 14.8 Å². The van der Waals surface area contributed by atoms with Crippen LogP contribution < -0.4 is 0 Å². The quantitative estimate of drug-likeness (QED) is 0.644. The zero-order valence-corrected chi connectivity index (χ0v) is 18.8. The number of hydrogen-bond donors (Lipinski definition) is 1. The highest BCUT2D eigenvalue weighted by molar-refractivity contribution is 5.93. The molecule has 1 saturated heterocycles. The molecule has 1 aliphatic rings. The molecule has 1 N–H and O–H groups in total. The summed E-state index contributed by atoms with van der Waals surface area (Å²) in [6.07, 6.45) is 4.56. The average Bonchev–Trinajstić information content (AvgIpc) is 3.30. The fourth-order valence-electron chi connectivity index (χ4n) is 4.36. The lowest BCUT2D eigenvalue weighted by molar-refractivity contribution is -0.134. The molecule has 0 saturated carbocycles. The number of benzene rings is 2. The van der Waals surface area contributed by atoms with E-state index in [9.17, 15) is 9.59 Å². The van der Waals surface area contributed by atoms with Gasteiger partial charge in [-0.3, -0.25) is 9.59 Å². The Morgan fingerprint density at radius 2 is 1.94 bits per heavy atom. The van der Waals surface area contributed by atoms with Crippen molar-refractivity contribution in [2.75, 3.05) is 26.2 Å². The molecule has 6 nitrogen and oxygen atoms in total. The van der Waals surface area contributed by atoms with E-state index in [0.717, 1.165) is 17.5 Å². The number of aromatic nitrogens is 2. The Kier molecular flexibility index (Phi) is 6.69. The maximum atomic E-state index is 13.3. The van der Waals surface area contributed by atoms with Crippen LogP contribution in [0.4, 0.5) is 0 Å². The number of amides is 2. The third-order valence-electron chi connectivity index (χ3n) is 6.04. The van der Waals surface area contributed by atoms with Crippen LogP contribution in [0.25, 0.3) is 11.1 Å². The number of aryl methyl sites for hydroxylation is 1. The highest BCUT2D eigenvalue weighted by Crippen LogP contribution is 2.23. The minimum atomic E-state index is -0.263. The van der Waals surface area contributed by atoms with Gasteiger partial charge in [0, 0.05) is 26.2 Å². The first-order valence-corrected chi connectivity index (χ1v) is 11.3. The summed E-state index contributed by atoms with van der Waals surface area (Å²) in [6.45, 7) is 6.39. The van der Waals surface area contributed by atoms with Crippen LogP contribution in [-0.2, 0) is 11.2 Å². The lowest BCUT2D eigenvalue weighted by Gasteiger charge is -2.23. The molecule has 1 aromatic heterocycles. The predicted octanol–water partition coefficient (Wildman–Crippen LogP) is 3.94. The van der Waals surface area contributed by atoms with E-state index in [-0.39, 0.29) is 17.7 Å². The normalized spacial score (nSPS) is 16.8. The third-order valence-corrected chi connectivity index (χ3v) is 6.04. The molecule has 3 aromatic rings. The van der Waals surface area contributed by atoms with Gasteiger partial charge in [-0.05, 0) is 36.5 Å². The zero-order chi connectivity index (χ0) is 22.5. The van der Waals surface area contributed by atoms with E-state index >= 15 is 0 Å². The number of imidazole rings is 1. The van der Waals surface area contributed by atoms with E-state index in [1.54, 1.807) is 4.90 Å². The van der Waals surface area contributed by atoms with Crippen molar-refractivity contribution >= 4 is 11.8 Å². The van der Waals surface area contributed by atoms with Crippen molar-refractivity contribution in [1.82, 2.24) is 19.8 Å². The van der Waals surface area contributed by atoms with Crippen molar-refractivity contribution in [3.05, 3.63) is 77.9 Å². The SMILES string of the molecule is CCCN1CCN(C(=O)c2cnc[nH]2)C[C@@H](Cc2ccc(-c3cccc(C)c3)cc2)C1=O. The molecular formula is C26H30N4O2. The van der Waals surface area contributed by atoms with Crippen molar-refractivity contribution in [3.8, 4) is 11.1 Å². The van der Waals surface area contributed by atoms with E-state index in [1.807, 2.05) is 4.90 Å². The fraction of sp³-hybridized carbons (Fsp3) is 0.346. The first kappa shape index (κ1) is 21.8. The van der Waals surface area contributed by atoms with E-state index in [1.165, 1.54) is 23.7 Å². The molecule has 0 bridgehead atoms. The largest absolute Gasteiger partial charge is 0.341 e. The summed E-state index contributed by atoms with van der Waals surface area (Å²) in [4.78, 5) is 36.8. The number of carbonyl (C=O) groups is 2. The van der Waals surface area contributed by atoms with Crippen molar-refractivity contribution in [3.63, 3.8) is 0 Å². The second kappa shape index (κ2) is 9.81. The second-order valence-electron chi connectivity index (χ2n) is 8.51. The van der Waals surface area contributed by atoms with Gasteiger partial charge in [-0.25, -0.2) is 4.98 Å². The number of carbonyl (C=O) groups excluding carboxylic acids is 2. The minimum Gasteiger partial charge on any atom is -0.341 e. The molecular weight excluding hydrogens is 400 g/mol. The molecule has 0 radical (unpaired) electrons. The topological polar surface area (TPSA) is 69.3 Å². The summed E-state index contributed by atoms with van der Waals surface area (Å²) in [5, 5.41) is 0. The molecule has 1 atom stereocenters. The highest BCUT2D eigenvalue weighted by Gasteiger charge is 2.32. The smallest absolute Gasteiger partial charge is 0.271 e. The van der Waals surface area contributed by atoms with Gasteiger partial charge in [0.1, 0.15) is 5.69 Å². The predicted molar refractivity (Wildman–Crippen MR) is 125 cm³/mol. The number of nitrogens with zero attached hydrogens (tertiary/aromatic N) is 3. The molecule has 1 aliphatic heterocycles. The van der Waals surface area contributed by atoms with Crippen LogP contribution in [0.5, 0.6) is 0 Å². The van der Waals surface area contributed by atoms with Gasteiger partial charge in [0.25, 0.3) is 5.91 Å². The first-order chi connectivity index (χ1) is 15.5. The number of aromatic amines is 1. The lowest BCUT2D eigenvalue weighted by atomic mass is 9.95. The monoisotopic (exact) mass is 430 g/mol. The van der Waals surface area contributed by atoms with Gasteiger partial charge >= 0.3 is 0 Å². The van der Waals surface area contributed by atoms with Crippen LogP contribution in [0.2, 0.25) is 0 Å². The third kappa shape index (κ3) is 4.90. The van der Waals surface area contributed by atoms with Gasteiger partial charge in [-0.2, -0.15) is 0 Å². The molecule has 4 rings (SSSR count). The molecule has 0 unspecified atom stereocenters. The van der Waals surface area contributed by atoms with Crippen LogP contribution in [0.3, 0.4) is 0 Å². The Bertz CT molecular complexity index is 1060. The van der Waals surface area contributed by atoms with Gasteiger partial charge in [0.15, 0.2) is 0 Å². The van der Waals surface area contributed by atoms with Crippen molar-refractivity contribution in [2.45, 2.75) is 26.7 Å². The fourth-order valence-corrected chi connectivity index (χ4v) is 4.36. The Labute approximate surface area is 189 Å². The first-order valence-electron chi connectivity index (χ1n) is 11.3. The van der Waals surface area contributed by atoms with E-state index in [0.29, 0.717) is 38.3 Å². The Morgan fingerprint density at radius 1 is 1.12 bits per heavy atom. The summed E-state index contributed by atoms with van der Waals surface area (Å²) in [7, 11) is 0. The van der Waals surface area contributed by atoms with Crippen LogP contribution in [0.15, 0.2) is 61.1 Å². The van der Waals surface area contributed by atoms with Crippen LogP contribution in [0, 0.1) is 12.8 Å². The standard InChI is InChI=1S/C26H30N4O2/c1-3-11-29-12-13-30(26(32)24-16-27-18-28-24)17-23(25(29)31)15-20-7-9-21(10-8-20)22-6-4-5-19(2)14-22/h4-10,14,16,18,23H,3,11-13,15,17H2,1-2H3,(H,27,28)/t23-/m1/s1. The zero-order valence-electron chi connectivity index (χ0n) is 18.8. The van der Waals surface area contributed by atoms with Gasteiger partial charge in [0.05, 0.1) is 18.4 Å². The van der Waals surface area contributed by atoms with E-state index in [2.05, 4.69) is 72.3 Å². The minimum absolute atomic E-state index is 0.103. The highest BCUT2D eigenvalue weighted by atomic mass is 16.2. The number of nitrogens with one attached hydrogen (secondary N) is 1. The maximum Gasteiger partial charge on any atom is 0.271 e. The molecule has 32 heavy (non-hydrogen) atoms. The molecule has 166 valence electrons.